The van der Waals surface area contributed by atoms with E-state index in [1.165, 1.54) is 5.56 Å². The van der Waals surface area contributed by atoms with Crippen LogP contribution in [0.3, 0.4) is 0 Å². The maximum atomic E-state index is 13.6. The van der Waals surface area contributed by atoms with E-state index in [9.17, 15) is 9.59 Å². The third-order valence-electron chi connectivity index (χ3n) is 7.91. The zero-order valence-electron chi connectivity index (χ0n) is 25.2. The summed E-state index contributed by atoms with van der Waals surface area (Å²) in [5.74, 6) is 1.83. The van der Waals surface area contributed by atoms with Crippen LogP contribution < -0.4 is 25.0 Å². The standard InChI is InChI=1S/C35H36N4O5/c1-4-43-33(40)17-16-24-20-31-34(32(21-24)42-3)37(2)36-39(31)30-15-9-11-26-23-38(19-18-29(26)30)35(41)25-10-8-14-28(22-25)44-27-12-6-5-7-13-27/h5-15,20-22,36H,4,16-19,23H2,1-3H3. The highest BCUT2D eigenvalue weighted by atomic mass is 16.5. The van der Waals surface area contributed by atoms with Gasteiger partial charge in [0.1, 0.15) is 22.9 Å². The van der Waals surface area contributed by atoms with E-state index >= 15 is 0 Å². The van der Waals surface area contributed by atoms with Gasteiger partial charge in [-0.1, -0.05) is 36.4 Å². The molecule has 0 spiro atoms. The van der Waals surface area contributed by atoms with Crippen LogP contribution in [0.25, 0.3) is 0 Å². The normalized spacial score (nSPS) is 13.8. The molecule has 4 aromatic rings. The number of nitrogens with one attached hydrogen (secondary N) is 1. The quantitative estimate of drug-likeness (QED) is 0.231. The lowest BCUT2D eigenvalue weighted by molar-refractivity contribution is -0.143. The minimum atomic E-state index is -0.217. The van der Waals surface area contributed by atoms with Crippen LogP contribution in [0.4, 0.5) is 17.1 Å². The maximum absolute atomic E-state index is 13.6. The van der Waals surface area contributed by atoms with E-state index in [0.717, 1.165) is 39.7 Å². The fraction of sp³-hybridized carbons (Fsp3) is 0.257. The van der Waals surface area contributed by atoms with Gasteiger partial charge in [-0.05, 0) is 85.0 Å². The highest BCUT2D eigenvalue weighted by molar-refractivity contribution is 5.95. The molecular weight excluding hydrogens is 556 g/mol. The minimum absolute atomic E-state index is 0.0279. The van der Waals surface area contributed by atoms with E-state index in [1.54, 1.807) is 13.2 Å². The number of rotatable bonds is 9. The smallest absolute Gasteiger partial charge is 0.306 e. The van der Waals surface area contributed by atoms with Gasteiger partial charge in [0.05, 0.1) is 25.1 Å². The van der Waals surface area contributed by atoms with Gasteiger partial charge >= 0.3 is 5.97 Å². The lowest BCUT2D eigenvalue weighted by Crippen LogP contribution is -2.41. The molecular formula is C35H36N4O5. The van der Waals surface area contributed by atoms with Crippen molar-refractivity contribution < 1.29 is 23.8 Å². The molecule has 6 rings (SSSR count). The number of hydrogen-bond donors (Lipinski definition) is 1. The summed E-state index contributed by atoms with van der Waals surface area (Å²) in [6, 6.07) is 27.2. The molecule has 2 heterocycles. The number of benzene rings is 4. The van der Waals surface area contributed by atoms with Crippen molar-refractivity contribution in [2.24, 2.45) is 0 Å². The minimum Gasteiger partial charge on any atom is -0.494 e. The maximum Gasteiger partial charge on any atom is 0.306 e. The Bertz CT molecular complexity index is 1680. The van der Waals surface area contributed by atoms with Crippen LogP contribution in [-0.2, 0) is 28.9 Å². The number of hydrogen-bond acceptors (Lipinski definition) is 8. The molecule has 0 fully saturated rings. The summed E-state index contributed by atoms with van der Waals surface area (Å²) in [6.07, 6.45) is 1.54. The van der Waals surface area contributed by atoms with Gasteiger partial charge in [0, 0.05) is 32.1 Å². The Kier molecular flexibility index (Phi) is 8.38. The van der Waals surface area contributed by atoms with Crippen molar-refractivity contribution in [2.75, 3.05) is 37.3 Å². The topological polar surface area (TPSA) is 83.6 Å². The first-order valence-corrected chi connectivity index (χ1v) is 14.8. The van der Waals surface area contributed by atoms with Gasteiger partial charge in [-0.2, -0.15) is 0 Å². The van der Waals surface area contributed by atoms with E-state index in [0.29, 0.717) is 50.3 Å². The summed E-state index contributed by atoms with van der Waals surface area (Å²) >= 11 is 0. The Morgan fingerprint density at radius 3 is 2.50 bits per heavy atom. The van der Waals surface area contributed by atoms with Gasteiger partial charge < -0.3 is 19.1 Å². The van der Waals surface area contributed by atoms with Crippen LogP contribution in [0.2, 0.25) is 0 Å². The molecule has 2 aliphatic heterocycles. The summed E-state index contributed by atoms with van der Waals surface area (Å²) in [5, 5.41) is 4.00. The summed E-state index contributed by atoms with van der Waals surface area (Å²) in [4.78, 5) is 27.5. The second-order valence-corrected chi connectivity index (χ2v) is 10.8. The summed E-state index contributed by atoms with van der Waals surface area (Å²) in [7, 11) is 3.60. The zero-order valence-corrected chi connectivity index (χ0v) is 25.2. The second kappa shape index (κ2) is 12.7. The van der Waals surface area contributed by atoms with Crippen LogP contribution in [0.15, 0.2) is 84.9 Å². The number of amides is 1. The molecule has 0 bridgehead atoms. The number of anilines is 3. The fourth-order valence-corrected chi connectivity index (χ4v) is 5.85. The van der Waals surface area contributed by atoms with Crippen LogP contribution in [0.5, 0.6) is 17.2 Å². The monoisotopic (exact) mass is 592 g/mol. The molecule has 0 aromatic heterocycles. The molecule has 0 atom stereocenters. The fourth-order valence-electron chi connectivity index (χ4n) is 5.85. The number of fused-ring (bicyclic) bond motifs is 2. The SMILES string of the molecule is CCOC(=O)CCc1cc(OC)c2c(c1)N(c1cccc3c1CCN(C(=O)c1cccc(Oc4ccccc4)c1)C3)NN2C. The van der Waals surface area contributed by atoms with E-state index in [-0.39, 0.29) is 11.9 Å². The van der Waals surface area contributed by atoms with Crippen LogP contribution in [0.1, 0.15) is 40.4 Å². The first-order chi connectivity index (χ1) is 21.4. The number of methoxy groups -OCH3 is 1. The molecule has 0 radical (unpaired) electrons. The van der Waals surface area contributed by atoms with Crippen LogP contribution in [-0.4, -0.2) is 44.1 Å². The molecule has 1 N–H and O–H groups in total. The average Bonchev–Trinajstić information content (AvgIpc) is 3.39. The van der Waals surface area contributed by atoms with Crippen molar-refractivity contribution in [2.45, 2.75) is 32.7 Å². The average molecular weight is 593 g/mol. The third kappa shape index (κ3) is 5.91. The largest absolute Gasteiger partial charge is 0.494 e. The second-order valence-electron chi connectivity index (χ2n) is 10.8. The Balaban J connectivity index is 1.23. The summed E-state index contributed by atoms with van der Waals surface area (Å²) < 4.78 is 16.9. The number of carbonyl (C=O) groups is 2. The molecule has 0 unspecified atom stereocenters. The first-order valence-electron chi connectivity index (χ1n) is 14.8. The molecule has 9 heteroatoms. The zero-order chi connectivity index (χ0) is 30.6. The highest BCUT2D eigenvalue weighted by Crippen LogP contribution is 2.46. The molecule has 0 aliphatic carbocycles. The molecule has 9 nitrogen and oxygen atoms in total. The van der Waals surface area contributed by atoms with Crippen molar-refractivity contribution in [3.05, 3.63) is 107 Å². The van der Waals surface area contributed by atoms with Gasteiger partial charge in [-0.15, -0.1) is 5.53 Å². The van der Waals surface area contributed by atoms with Crippen molar-refractivity contribution in [1.29, 1.82) is 0 Å². The van der Waals surface area contributed by atoms with Gasteiger partial charge in [-0.25, -0.2) is 0 Å². The number of esters is 1. The number of carbonyl (C=O) groups excluding carboxylic acids is 2. The van der Waals surface area contributed by atoms with Gasteiger partial charge in [0.2, 0.25) is 0 Å². The number of nitrogens with zero attached hydrogens (tertiary/aromatic N) is 3. The summed E-state index contributed by atoms with van der Waals surface area (Å²) in [5.41, 5.74) is 10.2. The molecule has 2 aliphatic rings. The van der Waals surface area contributed by atoms with Gasteiger partial charge in [0.25, 0.3) is 5.91 Å². The Hall–Kier alpha value is -5.02. The van der Waals surface area contributed by atoms with Crippen LogP contribution in [0, 0.1) is 0 Å². The van der Waals surface area contributed by atoms with Crippen molar-refractivity contribution in [1.82, 2.24) is 10.4 Å². The lowest BCUT2D eigenvalue weighted by atomic mass is 9.96. The van der Waals surface area contributed by atoms with E-state index in [1.807, 2.05) is 84.5 Å². The van der Waals surface area contributed by atoms with Gasteiger partial charge in [0.15, 0.2) is 0 Å². The van der Waals surface area contributed by atoms with E-state index < -0.39 is 0 Å². The van der Waals surface area contributed by atoms with Crippen molar-refractivity contribution >= 4 is 28.9 Å². The number of para-hydroxylation sites is 1. The Labute approximate surface area is 257 Å². The summed E-state index contributed by atoms with van der Waals surface area (Å²) in [6.45, 7) is 3.27. The predicted molar refractivity (Wildman–Crippen MR) is 169 cm³/mol. The molecule has 0 saturated carbocycles. The third-order valence-corrected chi connectivity index (χ3v) is 7.91. The highest BCUT2D eigenvalue weighted by Gasteiger charge is 2.32. The molecule has 44 heavy (non-hydrogen) atoms. The number of aryl methyl sites for hydroxylation is 1. The molecule has 226 valence electrons. The lowest BCUT2D eigenvalue weighted by Gasteiger charge is -2.32. The molecule has 4 aromatic carbocycles. The predicted octanol–water partition coefficient (Wildman–Crippen LogP) is 6.19. The number of ether oxygens (including phenoxy) is 3. The number of hydrazine groups is 2. The molecule has 1 amide bonds. The van der Waals surface area contributed by atoms with E-state index in [4.69, 9.17) is 14.2 Å². The van der Waals surface area contributed by atoms with Gasteiger partial charge in [-0.3, -0.25) is 19.6 Å². The Morgan fingerprint density at radius 1 is 0.909 bits per heavy atom. The van der Waals surface area contributed by atoms with E-state index in [2.05, 4.69) is 28.7 Å². The molecule has 0 saturated heterocycles. The van der Waals surface area contributed by atoms with Crippen molar-refractivity contribution in [3.63, 3.8) is 0 Å². The Morgan fingerprint density at radius 2 is 1.70 bits per heavy atom. The van der Waals surface area contributed by atoms with Crippen LogP contribution >= 0.6 is 0 Å². The van der Waals surface area contributed by atoms with Crippen molar-refractivity contribution in [3.8, 4) is 17.2 Å². The first kappa shape index (κ1) is 29.1.